The lowest BCUT2D eigenvalue weighted by Crippen LogP contribution is -2.29. The molecule has 1 aliphatic heterocycles. The van der Waals surface area contributed by atoms with Crippen LogP contribution in [0.1, 0.15) is 40.4 Å². The number of carbonyl (C=O) groups is 1. The number of nitrogens with zero attached hydrogens (tertiary/aromatic N) is 1. The summed E-state index contributed by atoms with van der Waals surface area (Å²) in [5.41, 5.74) is 4.01. The van der Waals surface area contributed by atoms with Gasteiger partial charge in [0, 0.05) is 37.7 Å². The second-order valence-electron chi connectivity index (χ2n) is 6.56. The molecule has 0 N–H and O–H groups in total. The zero-order chi connectivity index (χ0) is 17.9. The third kappa shape index (κ3) is 4.40. The minimum Gasteiger partial charge on any atom is -0.298 e. The number of alkyl halides is 2. The highest BCUT2D eigenvalue weighted by Gasteiger charge is 2.23. The van der Waals surface area contributed by atoms with Crippen LogP contribution in [-0.4, -0.2) is 24.3 Å². The molecule has 1 aliphatic rings. The van der Waals surface area contributed by atoms with Crippen molar-refractivity contribution >= 4 is 11.9 Å². The maximum Gasteiger partial charge on any atom is 0.270 e. The summed E-state index contributed by atoms with van der Waals surface area (Å²) in [7, 11) is 0. The number of aldehydes is 1. The quantitative estimate of drug-likeness (QED) is 0.721. The van der Waals surface area contributed by atoms with Crippen LogP contribution in [0.15, 0.2) is 54.6 Å². The number of carbonyl (C=O) groups excluding carboxylic acids is 1. The molecular formula is C21H21F2NO. The van der Waals surface area contributed by atoms with Gasteiger partial charge in [-0.15, -0.1) is 0 Å². The molecule has 2 aromatic rings. The highest BCUT2D eigenvalue weighted by atomic mass is 19.3. The van der Waals surface area contributed by atoms with Gasteiger partial charge in [0.2, 0.25) is 0 Å². The van der Waals surface area contributed by atoms with Crippen LogP contribution in [0.4, 0.5) is 8.78 Å². The topological polar surface area (TPSA) is 20.3 Å². The van der Waals surface area contributed by atoms with E-state index < -0.39 is 5.92 Å². The van der Waals surface area contributed by atoms with Crippen LogP contribution in [0, 0.1) is 0 Å². The van der Waals surface area contributed by atoms with Crippen molar-refractivity contribution in [1.82, 2.24) is 4.90 Å². The lowest BCUT2D eigenvalue weighted by atomic mass is 9.99. The Morgan fingerprint density at radius 2 is 1.92 bits per heavy atom. The Labute approximate surface area is 146 Å². The van der Waals surface area contributed by atoms with E-state index in [2.05, 4.69) is 11.0 Å². The van der Waals surface area contributed by atoms with E-state index >= 15 is 0 Å². The molecule has 0 aliphatic carbocycles. The van der Waals surface area contributed by atoms with Gasteiger partial charge in [-0.1, -0.05) is 48.5 Å². The summed E-state index contributed by atoms with van der Waals surface area (Å²) in [5, 5.41) is 0. The number of hydrogen-bond acceptors (Lipinski definition) is 2. The van der Waals surface area contributed by atoms with E-state index in [-0.39, 0.29) is 5.56 Å². The van der Waals surface area contributed by atoms with Gasteiger partial charge in [0.25, 0.3) is 5.92 Å². The molecule has 0 radical (unpaired) electrons. The van der Waals surface area contributed by atoms with Crippen LogP contribution in [0.5, 0.6) is 0 Å². The summed E-state index contributed by atoms with van der Waals surface area (Å²) >= 11 is 0. The van der Waals surface area contributed by atoms with Crippen molar-refractivity contribution in [1.29, 1.82) is 0 Å². The molecule has 2 nitrogen and oxygen atoms in total. The van der Waals surface area contributed by atoms with Crippen LogP contribution in [0.3, 0.4) is 0 Å². The molecule has 0 amide bonds. The minimum absolute atomic E-state index is 0.0427. The van der Waals surface area contributed by atoms with Gasteiger partial charge in [-0.2, -0.15) is 0 Å². The van der Waals surface area contributed by atoms with Gasteiger partial charge in [0.15, 0.2) is 0 Å². The van der Waals surface area contributed by atoms with Crippen molar-refractivity contribution in [2.45, 2.75) is 25.8 Å². The van der Waals surface area contributed by atoms with Crippen molar-refractivity contribution in [2.24, 2.45) is 0 Å². The Morgan fingerprint density at radius 3 is 2.60 bits per heavy atom. The van der Waals surface area contributed by atoms with Gasteiger partial charge in [-0.25, -0.2) is 8.78 Å². The Kier molecular flexibility index (Phi) is 5.09. The molecule has 0 bridgehead atoms. The van der Waals surface area contributed by atoms with Gasteiger partial charge in [-0.3, -0.25) is 9.69 Å². The summed E-state index contributed by atoms with van der Waals surface area (Å²) in [6.07, 6.45) is 4.00. The fourth-order valence-corrected chi connectivity index (χ4v) is 3.12. The van der Waals surface area contributed by atoms with Crippen LogP contribution in [0.25, 0.3) is 5.57 Å². The molecule has 0 aromatic heterocycles. The molecule has 3 rings (SSSR count). The summed E-state index contributed by atoms with van der Waals surface area (Å²) in [4.78, 5) is 13.3. The summed E-state index contributed by atoms with van der Waals surface area (Å²) in [6.45, 7) is 3.36. The third-order valence-electron chi connectivity index (χ3n) is 4.49. The molecule has 0 fully saturated rings. The summed E-state index contributed by atoms with van der Waals surface area (Å²) in [5.74, 6) is -2.80. The Balaban J connectivity index is 1.69. The van der Waals surface area contributed by atoms with E-state index in [1.54, 1.807) is 18.2 Å². The fraction of sp³-hybridized carbons (Fsp3) is 0.286. The first-order valence-corrected chi connectivity index (χ1v) is 8.40. The highest BCUT2D eigenvalue weighted by molar-refractivity contribution is 5.78. The van der Waals surface area contributed by atoms with Crippen molar-refractivity contribution in [2.75, 3.05) is 13.1 Å². The van der Waals surface area contributed by atoms with Gasteiger partial charge in [0.1, 0.15) is 6.29 Å². The first kappa shape index (κ1) is 17.5. The predicted octanol–water partition coefficient (Wildman–Crippen LogP) is 4.90. The Hall–Kier alpha value is -2.33. The molecule has 4 heteroatoms. The van der Waals surface area contributed by atoms with Crippen molar-refractivity contribution in [3.05, 3.63) is 76.9 Å². The third-order valence-corrected chi connectivity index (χ3v) is 4.49. The fourth-order valence-electron chi connectivity index (χ4n) is 3.12. The molecule has 0 atom stereocenters. The Bertz CT molecular complexity index is 775. The van der Waals surface area contributed by atoms with Crippen molar-refractivity contribution in [3.63, 3.8) is 0 Å². The van der Waals surface area contributed by atoms with Crippen molar-refractivity contribution in [3.8, 4) is 0 Å². The summed E-state index contributed by atoms with van der Waals surface area (Å²) in [6, 6.07) is 14.2. The monoisotopic (exact) mass is 341 g/mol. The highest BCUT2D eigenvalue weighted by Crippen LogP contribution is 2.27. The molecule has 0 unspecified atom stereocenters. The smallest absolute Gasteiger partial charge is 0.270 e. The standard InChI is InChI=1S/C21H21F2NO/c1-21(22,23)20-9-7-16(8-10-20)13-24-11-3-6-19(14-24)18-5-2-4-17(12-18)15-25/h2,4-10,12,15H,3,11,13-14H2,1H3. The maximum absolute atomic E-state index is 13.3. The van der Waals surface area contributed by atoms with Gasteiger partial charge >= 0.3 is 0 Å². The summed E-state index contributed by atoms with van der Waals surface area (Å²) < 4.78 is 26.6. The maximum atomic E-state index is 13.3. The molecule has 1 heterocycles. The first-order chi connectivity index (χ1) is 12.0. The van der Waals surface area contributed by atoms with E-state index in [4.69, 9.17) is 0 Å². The lowest BCUT2D eigenvalue weighted by molar-refractivity contribution is 0.0174. The molecule has 2 aromatic carbocycles. The van der Waals surface area contributed by atoms with Gasteiger partial charge < -0.3 is 0 Å². The second kappa shape index (κ2) is 7.28. The number of rotatable bonds is 5. The minimum atomic E-state index is -2.80. The van der Waals surface area contributed by atoms with E-state index in [9.17, 15) is 13.6 Å². The van der Waals surface area contributed by atoms with Crippen molar-refractivity contribution < 1.29 is 13.6 Å². The predicted molar refractivity (Wildman–Crippen MR) is 95.7 cm³/mol. The average molecular weight is 341 g/mol. The molecule has 130 valence electrons. The first-order valence-electron chi connectivity index (χ1n) is 8.40. The van der Waals surface area contributed by atoms with Crippen LogP contribution in [0.2, 0.25) is 0 Å². The van der Waals surface area contributed by atoms with E-state index in [0.29, 0.717) is 5.56 Å². The number of hydrogen-bond donors (Lipinski definition) is 0. The van der Waals surface area contributed by atoms with E-state index in [0.717, 1.165) is 50.4 Å². The van der Waals surface area contributed by atoms with E-state index in [1.807, 2.05) is 18.2 Å². The Morgan fingerprint density at radius 1 is 1.16 bits per heavy atom. The number of benzene rings is 2. The molecule has 25 heavy (non-hydrogen) atoms. The average Bonchev–Trinajstić information content (AvgIpc) is 2.62. The molecule has 0 saturated carbocycles. The SMILES string of the molecule is CC(F)(F)c1ccc(CN2CCC=C(c3cccc(C=O)c3)C2)cc1. The molecule has 0 spiro atoms. The molecular weight excluding hydrogens is 320 g/mol. The lowest BCUT2D eigenvalue weighted by Gasteiger charge is -2.27. The van der Waals surface area contributed by atoms with E-state index in [1.165, 1.54) is 17.7 Å². The van der Waals surface area contributed by atoms with Gasteiger partial charge in [0.05, 0.1) is 0 Å². The normalized spacial score (nSPS) is 15.7. The van der Waals surface area contributed by atoms with Crippen LogP contribution >= 0.6 is 0 Å². The van der Waals surface area contributed by atoms with Gasteiger partial charge in [-0.05, 0) is 29.2 Å². The molecule has 0 saturated heterocycles. The van der Waals surface area contributed by atoms with Crippen LogP contribution < -0.4 is 0 Å². The number of halogens is 2. The largest absolute Gasteiger partial charge is 0.298 e. The zero-order valence-electron chi connectivity index (χ0n) is 14.2. The zero-order valence-corrected chi connectivity index (χ0v) is 14.2. The van der Waals surface area contributed by atoms with Crippen LogP contribution in [-0.2, 0) is 12.5 Å². The second-order valence-corrected chi connectivity index (χ2v) is 6.56.